The zero-order valence-electron chi connectivity index (χ0n) is 14.5. The van der Waals surface area contributed by atoms with E-state index in [1.807, 2.05) is 31.2 Å². The van der Waals surface area contributed by atoms with Crippen LogP contribution in [0.4, 0.5) is 0 Å². The lowest BCUT2D eigenvalue weighted by atomic mass is 9.86. The predicted octanol–water partition coefficient (Wildman–Crippen LogP) is 3.22. The molecule has 0 saturated carbocycles. The molecule has 1 aliphatic heterocycles. The minimum absolute atomic E-state index is 0.0860. The minimum atomic E-state index is -0.710. The van der Waals surface area contributed by atoms with Crippen LogP contribution in [0, 0.1) is 0 Å². The Morgan fingerprint density at radius 3 is 2.52 bits per heavy atom. The third-order valence-electron chi connectivity index (χ3n) is 4.21. The molecule has 1 heterocycles. The lowest BCUT2D eigenvalue weighted by Crippen LogP contribution is -2.31. The van der Waals surface area contributed by atoms with Crippen molar-refractivity contribution >= 4 is 5.91 Å². The van der Waals surface area contributed by atoms with Crippen molar-refractivity contribution in [1.82, 2.24) is 5.32 Å². The molecule has 126 valence electrons. The molecule has 0 radical (unpaired) electrons. The van der Waals surface area contributed by atoms with Crippen LogP contribution in [-0.2, 0) is 14.9 Å². The topological polar surface area (TPSA) is 58.6 Å². The first-order valence-electron chi connectivity index (χ1n) is 8.18. The van der Waals surface area contributed by atoms with Crippen molar-refractivity contribution in [3.8, 4) is 0 Å². The van der Waals surface area contributed by atoms with Crippen LogP contribution in [0.15, 0.2) is 35.6 Å². The first-order valence-corrected chi connectivity index (χ1v) is 8.18. The van der Waals surface area contributed by atoms with Gasteiger partial charge in [0.25, 0.3) is 5.91 Å². The maximum Gasteiger partial charge on any atom is 0.250 e. The Morgan fingerprint density at radius 1 is 1.30 bits per heavy atom. The van der Waals surface area contributed by atoms with E-state index in [4.69, 9.17) is 4.74 Å². The molecular weight excluding hydrogens is 290 g/mol. The van der Waals surface area contributed by atoms with Gasteiger partial charge in [-0.1, -0.05) is 45.0 Å². The number of amides is 1. The van der Waals surface area contributed by atoms with Gasteiger partial charge >= 0.3 is 0 Å². The summed E-state index contributed by atoms with van der Waals surface area (Å²) in [6.45, 7) is 9.15. The van der Waals surface area contributed by atoms with Gasteiger partial charge in [-0.05, 0) is 36.3 Å². The molecule has 1 atom stereocenters. The summed E-state index contributed by atoms with van der Waals surface area (Å²) in [6.07, 6.45) is 0.878. The van der Waals surface area contributed by atoms with Crippen LogP contribution in [0.5, 0.6) is 0 Å². The number of carbonyl (C=O) groups is 1. The van der Waals surface area contributed by atoms with E-state index in [0.29, 0.717) is 17.9 Å². The molecule has 0 saturated heterocycles. The molecule has 1 unspecified atom stereocenters. The summed E-state index contributed by atoms with van der Waals surface area (Å²) < 4.78 is 5.40. The number of ether oxygens (including phenoxy) is 1. The highest BCUT2D eigenvalue weighted by molar-refractivity contribution is 5.93. The van der Waals surface area contributed by atoms with E-state index in [0.717, 1.165) is 18.4 Å². The monoisotopic (exact) mass is 317 g/mol. The van der Waals surface area contributed by atoms with E-state index >= 15 is 0 Å². The van der Waals surface area contributed by atoms with Crippen LogP contribution < -0.4 is 5.32 Å². The fourth-order valence-electron chi connectivity index (χ4n) is 2.63. The Morgan fingerprint density at radius 2 is 1.96 bits per heavy atom. The molecule has 23 heavy (non-hydrogen) atoms. The zero-order chi connectivity index (χ0) is 17.0. The smallest absolute Gasteiger partial charge is 0.250 e. The summed E-state index contributed by atoms with van der Waals surface area (Å²) in [6, 6.07) is 7.90. The van der Waals surface area contributed by atoms with E-state index in [1.54, 1.807) is 0 Å². The summed E-state index contributed by atoms with van der Waals surface area (Å²) in [5.41, 5.74) is 2.80. The zero-order valence-corrected chi connectivity index (χ0v) is 14.5. The molecule has 2 rings (SSSR count). The molecule has 0 spiro atoms. The normalized spacial score (nSPS) is 16.7. The maximum absolute atomic E-state index is 12.2. The molecule has 0 aliphatic carbocycles. The fourth-order valence-corrected chi connectivity index (χ4v) is 2.63. The van der Waals surface area contributed by atoms with E-state index in [9.17, 15) is 9.90 Å². The summed E-state index contributed by atoms with van der Waals surface area (Å²) in [5, 5.41) is 13.1. The third kappa shape index (κ3) is 4.58. The van der Waals surface area contributed by atoms with Crippen LogP contribution in [0.25, 0.3) is 0 Å². The van der Waals surface area contributed by atoms with Gasteiger partial charge in [0.05, 0.1) is 18.3 Å². The Labute approximate surface area is 138 Å². The molecule has 4 nitrogen and oxygen atoms in total. The van der Waals surface area contributed by atoms with Crippen molar-refractivity contribution in [3.63, 3.8) is 0 Å². The fraction of sp³-hybridized carbons (Fsp3) is 0.526. The molecule has 1 aromatic carbocycles. The van der Waals surface area contributed by atoms with Crippen molar-refractivity contribution in [3.05, 3.63) is 46.7 Å². The quantitative estimate of drug-likeness (QED) is 0.896. The number of carbonyl (C=O) groups excluding carboxylic acids is 1. The molecule has 0 fully saturated rings. The van der Waals surface area contributed by atoms with Crippen molar-refractivity contribution in [2.45, 2.75) is 52.1 Å². The molecule has 1 aliphatic rings. The van der Waals surface area contributed by atoms with Gasteiger partial charge in [-0.3, -0.25) is 4.79 Å². The van der Waals surface area contributed by atoms with E-state index in [1.165, 1.54) is 5.56 Å². The first kappa shape index (κ1) is 17.5. The second kappa shape index (κ2) is 7.18. The second-order valence-corrected chi connectivity index (χ2v) is 7.08. The van der Waals surface area contributed by atoms with Crippen LogP contribution in [0.3, 0.4) is 0 Å². The lowest BCUT2D eigenvalue weighted by Gasteiger charge is -2.21. The molecule has 0 aromatic heterocycles. The summed E-state index contributed by atoms with van der Waals surface area (Å²) in [7, 11) is 0. The SMILES string of the molecule is CC1=C(C(=O)NCC(O)c2ccc(C(C)(C)C)cc2)CCCO1. The van der Waals surface area contributed by atoms with Gasteiger partial charge in [-0.2, -0.15) is 0 Å². The maximum atomic E-state index is 12.2. The molecule has 1 aromatic rings. The van der Waals surface area contributed by atoms with Gasteiger partial charge in [-0.25, -0.2) is 0 Å². The summed E-state index contributed by atoms with van der Waals surface area (Å²) in [5.74, 6) is 0.547. The minimum Gasteiger partial charge on any atom is -0.498 e. The Hall–Kier alpha value is -1.81. The first-order chi connectivity index (χ1) is 10.8. The third-order valence-corrected chi connectivity index (χ3v) is 4.21. The van der Waals surface area contributed by atoms with Gasteiger partial charge in [-0.15, -0.1) is 0 Å². The number of nitrogens with one attached hydrogen (secondary N) is 1. The molecule has 1 amide bonds. The highest BCUT2D eigenvalue weighted by Crippen LogP contribution is 2.24. The van der Waals surface area contributed by atoms with Crippen LogP contribution >= 0.6 is 0 Å². The standard InChI is InChI=1S/C19H27NO3/c1-13-16(6-5-11-23-13)18(22)20-12-17(21)14-7-9-15(10-8-14)19(2,3)4/h7-10,17,21H,5-6,11-12H2,1-4H3,(H,20,22). The molecular formula is C19H27NO3. The number of aliphatic hydroxyl groups is 1. The average molecular weight is 317 g/mol. The van der Waals surface area contributed by atoms with Crippen molar-refractivity contribution in [1.29, 1.82) is 0 Å². The Balaban J connectivity index is 1.94. The number of rotatable bonds is 4. The number of benzene rings is 1. The molecule has 2 N–H and O–H groups in total. The van der Waals surface area contributed by atoms with Crippen LogP contribution in [-0.4, -0.2) is 24.2 Å². The molecule has 0 bridgehead atoms. The van der Waals surface area contributed by atoms with Crippen LogP contribution in [0.2, 0.25) is 0 Å². The Bertz CT molecular complexity index is 582. The van der Waals surface area contributed by atoms with E-state index in [2.05, 4.69) is 26.1 Å². The van der Waals surface area contributed by atoms with Gasteiger partial charge in [0.15, 0.2) is 0 Å². The average Bonchev–Trinajstić information content (AvgIpc) is 2.52. The largest absolute Gasteiger partial charge is 0.498 e. The van der Waals surface area contributed by atoms with Gasteiger partial charge in [0, 0.05) is 6.54 Å². The predicted molar refractivity (Wildman–Crippen MR) is 91.0 cm³/mol. The van der Waals surface area contributed by atoms with Crippen LogP contribution in [0.1, 0.15) is 57.8 Å². The number of hydrogen-bond donors (Lipinski definition) is 2. The van der Waals surface area contributed by atoms with Crippen molar-refractivity contribution < 1.29 is 14.6 Å². The lowest BCUT2D eigenvalue weighted by molar-refractivity contribution is -0.118. The number of aliphatic hydroxyl groups excluding tert-OH is 1. The van der Waals surface area contributed by atoms with Gasteiger partial charge in [0.2, 0.25) is 0 Å². The van der Waals surface area contributed by atoms with E-state index in [-0.39, 0.29) is 17.9 Å². The Kier molecular flexibility index (Phi) is 5.47. The number of allylic oxidation sites excluding steroid dienone is 1. The highest BCUT2D eigenvalue weighted by atomic mass is 16.5. The highest BCUT2D eigenvalue weighted by Gasteiger charge is 2.19. The van der Waals surface area contributed by atoms with Crippen molar-refractivity contribution in [2.75, 3.05) is 13.2 Å². The van der Waals surface area contributed by atoms with Gasteiger partial charge in [0.1, 0.15) is 5.76 Å². The second-order valence-electron chi connectivity index (χ2n) is 7.08. The van der Waals surface area contributed by atoms with Crippen molar-refractivity contribution in [2.24, 2.45) is 0 Å². The van der Waals surface area contributed by atoms with E-state index < -0.39 is 6.10 Å². The van der Waals surface area contributed by atoms with Gasteiger partial charge < -0.3 is 15.2 Å². The summed E-state index contributed by atoms with van der Waals surface area (Å²) in [4.78, 5) is 12.2. The summed E-state index contributed by atoms with van der Waals surface area (Å²) >= 11 is 0. The number of hydrogen-bond acceptors (Lipinski definition) is 3. The molecule has 4 heteroatoms.